The first kappa shape index (κ1) is 22.9. The molecule has 0 spiro atoms. The van der Waals surface area contributed by atoms with Crippen molar-refractivity contribution in [2.24, 2.45) is 0 Å². The highest BCUT2D eigenvalue weighted by molar-refractivity contribution is 5.47. The van der Waals surface area contributed by atoms with Crippen LogP contribution in [0.15, 0.2) is 59.4 Å². The van der Waals surface area contributed by atoms with Crippen LogP contribution in [0.3, 0.4) is 0 Å². The minimum atomic E-state index is -0.415. The van der Waals surface area contributed by atoms with E-state index in [2.05, 4.69) is 9.80 Å². The summed E-state index contributed by atoms with van der Waals surface area (Å²) >= 11 is 0. The van der Waals surface area contributed by atoms with E-state index >= 15 is 0 Å². The highest BCUT2D eigenvalue weighted by Crippen LogP contribution is 2.35. The lowest BCUT2D eigenvalue weighted by Crippen LogP contribution is -2.49. The normalized spacial score (nSPS) is 15.5. The average Bonchev–Trinajstić information content (AvgIpc) is 2.82. The van der Waals surface area contributed by atoms with E-state index in [0.717, 1.165) is 30.0 Å². The molecule has 1 N–H and O–H groups in total. The van der Waals surface area contributed by atoms with Gasteiger partial charge in [-0.2, -0.15) is 0 Å². The van der Waals surface area contributed by atoms with E-state index in [1.54, 1.807) is 29.9 Å². The molecule has 1 aromatic heterocycles. The van der Waals surface area contributed by atoms with Crippen LogP contribution in [0.5, 0.6) is 11.5 Å². The van der Waals surface area contributed by atoms with E-state index in [1.165, 1.54) is 12.1 Å². The van der Waals surface area contributed by atoms with Crippen LogP contribution >= 0.6 is 0 Å². The lowest BCUT2D eigenvalue weighted by atomic mass is 9.95. The van der Waals surface area contributed by atoms with Gasteiger partial charge in [0.05, 0.1) is 18.7 Å². The fourth-order valence-electron chi connectivity index (χ4n) is 4.68. The number of nitrogens with zero attached hydrogens (tertiary/aromatic N) is 3. The number of piperazine rings is 1. The van der Waals surface area contributed by atoms with Gasteiger partial charge in [0, 0.05) is 44.1 Å². The van der Waals surface area contributed by atoms with Gasteiger partial charge in [0.25, 0.3) is 5.56 Å². The second kappa shape index (κ2) is 9.67. The molecule has 1 atom stereocenters. The third-order valence-electron chi connectivity index (χ3n) is 6.39. The zero-order chi connectivity index (χ0) is 23.5. The van der Waals surface area contributed by atoms with Crippen molar-refractivity contribution in [3.8, 4) is 11.5 Å². The number of aromatic hydroxyl groups is 1. The number of pyridine rings is 1. The number of halogens is 1. The maximum Gasteiger partial charge on any atom is 0.259 e. The standard InChI is InChI=1S/C26H30FN3O3/c1-4-30-18(2)16-23(31)24(26(30)32)25(19-6-5-7-22(17-19)33-3)29-14-12-28(13-15-29)21-10-8-20(27)9-11-21/h5-11,16-17,25,31H,4,12-15H2,1-3H3/t25-/m0/s1. The zero-order valence-electron chi connectivity index (χ0n) is 19.3. The lowest BCUT2D eigenvalue weighted by molar-refractivity contribution is 0.207. The van der Waals surface area contributed by atoms with E-state index in [1.807, 2.05) is 38.1 Å². The number of hydrogen-bond donors (Lipinski definition) is 1. The topological polar surface area (TPSA) is 57.9 Å². The largest absolute Gasteiger partial charge is 0.507 e. The summed E-state index contributed by atoms with van der Waals surface area (Å²) in [6, 6.07) is 15.4. The Bertz CT molecular complexity index is 1170. The molecule has 0 bridgehead atoms. The molecule has 2 heterocycles. The number of benzene rings is 2. The molecule has 174 valence electrons. The number of aromatic nitrogens is 1. The number of hydrogen-bond acceptors (Lipinski definition) is 5. The van der Waals surface area contributed by atoms with Crippen LogP contribution in [0, 0.1) is 12.7 Å². The zero-order valence-corrected chi connectivity index (χ0v) is 19.3. The molecule has 2 aromatic carbocycles. The van der Waals surface area contributed by atoms with Crippen LogP contribution in [0.2, 0.25) is 0 Å². The highest BCUT2D eigenvalue weighted by Gasteiger charge is 2.31. The van der Waals surface area contributed by atoms with Crippen molar-refractivity contribution in [3.05, 3.63) is 87.6 Å². The molecule has 0 radical (unpaired) electrons. The van der Waals surface area contributed by atoms with Crippen LogP contribution in [0.1, 0.15) is 29.8 Å². The molecule has 0 aliphatic carbocycles. The molecule has 7 heteroatoms. The minimum Gasteiger partial charge on any atom is -0.507 e. The average molecular weight is 452 g/mol. The molecule has 1 aliphatic heterocycles. The summed E-state index contributed by atoms with van der Waals surface area (Å²) in [6.45, 7) is 7.09. The summed E-state index contributed by atoms with van der Waals surface area (Å²) in [4.78, 5) is 17.9. The first-order valence-electron chi connectivity index (χ1n) is 11.2. The Morgan fingerprint density at radius 3 is 2.39 bits per heavy atom. The van der Waals surface area contributed by atoms with E-state index in [9.17, 15) is 14.3 Å². The van der Waals surface area contributed by atoms with E-state index in [4.69, 9.17) is 4.74 Å². The van der Waals surface area contributed by atoms with Crippen molar-refractivity contribution >= 4 is 5.69 Å². The Balaban J connectivity index is 1.72. The quantitative estimate of drug-likeness (QED) is 0.615. The number of methoxy groups -OCH3 is 1. The summed E-state index contributed by atoms with van der Waals surface area (Å²) in [7, 11) is 1.61. The maximum atomic E-state index is 13.5. The molecule has 4 rings (SSSR count). The van der Waals surface area contributed by atoms with Gasteiger partial charge in [-0.05, 0) is 61.9 Å². The summed E-state index contributed by atoms with van der Waals surface area (Å²) in [5.41, 5.74) is 2.80. The van der Waals surface area contributed by atoms with Crippen molar-refractivity contribution in [3.63, 3.8) is 0 Å². The van der Waals surface area contributed by atoms with E-state index in [0.29, 0.717) is 30.9 Å². The number of anilines is 1. The van der Waals surface area contributed by atoms with E-state index in [-0.39, 0.29) is 17.1 Å². The molecule has 1 aliphatic rings. The third kappa shape index (κ3) is 4.59. The van der Waals surface area contributed by atoms with Crippen molar-refractivity contribution in [1.29, 1.82) is 0 Å². The minimum absolute atomic E-state index is 0.0102. The third-order valence-corrected chi connectivity index (χ3v) is 6.39. The monoisotopic (exact) mass is 451 g/mol. The van der Waals surface area contributed by atoms with Crippen LogP contribution in [-0.4, -0.2) is 47.9 Å². The van der Waals surface area contributed by atoms with E-state index < -0.39 is 6.04 Å². The fraction of sp³-hybridized carbons (Fsp3) is 0.346. The summed E-state index contributed by atoms with van der Waals surface area (Å²) in [5.74, 6) is 0.457. The van der Waals surface area contributed by atoms with Crippen LogP contribution < -0.4 is 15.2 Å². The molecular weight excluding hydrogens is 421 g/mol. The first-order chi connectivity index (χ1) is 15.9. The fourth-order valence-corrected chi connectivity index (χ4v) is 4.68. The Morgan fingerprint density at radius 1 is 1.06 bits per heavy atom. The van der Waals surface area contributed by atoms with Crippen LogP contribution in [0.4, 0.5) is 10.1 Å². The SMILES string of the molecule is CCn1c(C)cc(O)c([C@H](c2cccc(OC)c2)N2CCN(c3ccc(F)cc3)CC2)c1=O. The second-order valence-corrected chi connectivity index (χ2v) is 8.31. The molecule has 1 saturated heterocycles. The van der Waals surface area contributed by atoms with Crippen molar-refractivity contribution in [1.82, 2.24) is 9.47 Å². The van der Waals surface area contributed by atoms with Gasteiger partial charge in [-0.3, -0.25) is 9.69 Å². The maximum absolute atomic E-state index is 13.5. The molecule has 0 amide bonds. The van der Waals surface area contributed by atoms with Crippen LogP contribution in [-0.2, 0) is 6.54 Å². The van der Waals surface area contributed by atoms with Gasteiger partial charge >= 0.3 is 0 Å². The van der Waals surface area contributed by atoms with Gasteiger partial charge in [-0.1, -0.05) is 12.1 Å². The van der Waals surface area contributed by atoms with Crippen molar-refractivity contribution < 1.29 is 14.2 Å². The Morgan fingerprint density at radius 2 is 1.76 bits per heavy atom. The predicted molar refractivity (Wildman–Crippen MR) is 128 cm³/mol. The van der Waals surface area contributed by atoms with Crippen molar-refractivity contribution in [2.75, 3.05) is 38.2 Å². The lowest BCUT2D eigenvalue weighted by Gasteiger charge is -2.40. The van der Waals surface area contributed by atoms with Gasteiger partial charge in [0.15, 0.2) is 0 Å². The number of aryl methyl sites for hydroxylation is 1. The number of rotatable bonds is 6. The number of ether oxygens (including phenoxy) is 1. The molecule has 6 nitrogen and oxygen atoms in total. The van der Waals surface area contributed by atoms with Crippen molar-refractivity contribution in [2.45, 2.75) is 26.4 Å². The smallest absolute Gasteiger partial charge is 0.259 e. The van der Waals surface area contributed by atoms with Crippen LogP contribution in [0.25, 0.3) is 0 Å². The first-order valence-corrected chi connectivity index (χ1v) is 11.2. The van der Waals surface area contributed by atoms with Gasteiger partial charge in [-0.25, -0.2) is 4.39 Å². The molecule has 3 aromatic rings. The highest BCUT2D eigenvalue weighted by atomic mass is 19.1. The van der Waals surface area contributed by atoms with Gasteiger partial charge < -0.3 is 19.3 Å². The molecule has 1 fully saturated rings. The second-order valence-electron chi connectivity index (χ2n) is 8.31. The Hall–Kier alpha value is -3.32. The van der Waals surface area contributed by atoms with Gasteiger partial charge in [0.2, 0.25) is 0 Å². The molecular formula is C26H30FN3O3. The van der Waals surface area contributed by atoms with Gasteiger partial charge in [-0.15, -0.1) is 0 Å². The summed E-state index contributed by atoms with van der Waals surface area (Å²) in [6.07, 6.45) is 0. The predicted octanol–water partition coefficient (Wildman–Crippen LogP) is 3.94. The Kier molecular flexibility index (Phi) is 6.70. The molecule has 0 unspecified atom stereocenters. The molecule has 0 saturated carbocycles. The summed E-state index contributed by atoms with van der Waals surface area (Å²) < 4.78 is 20.5. The Labute approximate surface area is 193 Å². The summed E-state index contributed by atoms with van der Waals surface area (Å²) in [5, 5.41) is 10.9. The molecule has 33 heavy (non-hydrogen) atoms. The van der Waals surface area contributed by atoms with Gasteiger partial charge in [0.1, 0.15) is 17.3 Å².